The molecule has 0 radical (unpaired) electrons. The van der Waals surface area contributed by atoms with Gasteiger partial charge in [0, 0.05) is 18.7 Å². The first kappa shape index (κ1) is 15.6. The third kappa shape index (κ3) is 3.76. The molecule has 2 N–H and O–H groups in total. The summed E-state index contributed by atoms with van der Waals surface area (Å²) >= 11 is 11.8. The third-order valence-corrected chi connectivity index (χ3v) is 3.50. The standard InChI is InChI=1S/C13H15Cl2N3O/c1-3-18(7-8(2)6-16)13(19)9-4-10(14)12(15)11(17)5-9/h4-5,8H,3,7,17H2,1-2H3. The van der Waals surface area contributed by atoms with Gasteiger partial charge in [-0.15, -0.1) is 0 Å². The second-order valence-corrected chi connectivity index (χ2v) is 5.02. The van der Waals surface area contributed by atoms with E-state index in [0.717, 1.165) is 0 Å². The van der Waals surface area contributed by atoms with E-state index < -0.39 is 0 Å². The Morgan fingerprint density at radius 3 is 2.63 bits per heavy atom. The zero-order valence-electron chi connectivity index (χ0n) is 10.8. The van der Waals surface area contributed by atoms with E-state index in [1.54, 1.807) is 11.8 Å². The molecular weight excluding hydrogens is 285 g/mol. The van der Waals surface area contributed by atoms with Gasteiger partial charge >= 0.3 is 0 Å². The maximum Gasteiger partial charge on any atom is 0.254 e. The van der Waals surface area contributed by atoms with Crippen molar-refractivity contribution in [2.75, 3.05) is 18.8 Å². The number of nitrogens with two attached hydrogens (primary N) is 1. The maximum absolute atomic E-state index is 12.3. The normalized spacial score (nSPS) is 11.7. The van der Waals surface area contributed by atoms with Crippen LogP contribution in [-0.2, 0) is 0 Å². The summed E-state index contributed by atoms with van der Waals surface area (Å²) in [5.41, 5.74) is 6.33. The van der Waals surface area contributed by atoms with Gasteiger partial charge < -0.3 is 10.6 Å². The van der Waals surface area contributed by atoms with Crippen molar-refractivity contribution in [2.45, 2.75) is 13.8 Å². The number of rotatable bonds is 4. The Labute approximate surface area is 122 Å². The molecule has 0 saturated heterocycles. The molecule has 1 atom stereocenters. The minimum atomic E-state index is -0.232. The zero-order valence-corrected chi connectivity index (χ0v) is 12.3. The van der Waals surface area contributed by atoms with E-state index in [4.69, 9.17) is 34.2 Å². The minimum absolute atomic E-state index is 0.213. The lowest BCUT2D eigenvalue weighted by Gasteiger charge is -2.22. The van der Waals surface area contributed by atoms with Crippen molar-refractivity contribution in [1.29, 1.82) is 5.26 Å². The van der Waals surface area contributed by atoms with E-state index in [1.807, 2.05) is 6.92 Å². The Balaban J connectivity index is 3.02. The van der Waals surface area contributed by atoms with Crippen LogP contribution in [0.1, 0.15) is 24.2 Å². The summed E-state index contributed by atoms with van der Waals surface area (Å²) in [6, 6.07) is 5.09. The second-order valence-electron chi connectivity index (χ2n) is 4.24. The van der Waals surface area contributed by atoms with Gasteiger partial charge in [-0.2, -0.15) is 5.26 Å². The first-order valence-electron chi connectivity index (χ1n) is 5.84. The van der Waals surface area contributed by atoms with E-state index in [9.17, 15) is 4.79 Å². The van der Waals surface area contributed by atoms with Crippen LogP contribution >= 0.6 is 23.2 Å². The average Bonchev–Trinajstić information content (AvgIpc) is 2.40. The summed E-state index contributed by atoms with van der Waals surface area (Å²) in [5.74, 6) is -0.445. The fourth-order valence-corrected chi connectivity index (χ4v) is 1.98. The molecular formula is C13H15Cl2N3O. The van der Waals surface area contributed by atoms with Crippen LogP contribution in [-0.4, -0.2) is 23.9 Å². The van der Waals surface area contributed by atoms with Gasteiger partial charge in [0.1, 0.15) is 0 Å². The Morgan fingerprint density at radius 2 is 2.16 bits per heavy atom. The highest BCUT2D eigenvalue weighted by Gasteiger charge is 2.18. The van der Waals surface area contributed by atoms with Gasteiger partial charge in [0.05, 0.1) is 27.7 Å². The SMILES string of the molecule is CCN(CC(C)C#N)C(=O)c1cc(N)c(Cl)c(Cl)c1. The number of carbonyl (C=O) groups is 1. The van der Waals surface area contributed by atoms with Crippen LogP contribution in [0.5, 0.6) is 0 Å². The molecule has 0 spiro atoms. The molecule has 0 aliphatic rings. The van der Waals surface area contributed by atoms with Crippen molar-refractivity contribution in [1.82, 2.24) is 4.90 Å². The monoisotopic (exact) mass is 299 g/mol. The van der Waals surface area contributed by atoms with Crippen molar-refractivity contribution >= 4 is 34.8 Å². The van der Waals surface area contributed by atoms with Crippen LogP contribution in [0.25, 0.3) is 0 Å². The van der Waals surface area contributed by atoms with E-state index >= 15 is 0 Å². The average molecular weight is 300 g/mol. The number of nitriles is 1. The number of amides is 1. The van der Waals surface area contributed by atoms with Crippen LogP contribution in [0.4, 0.5) is 5.69 Å². The molecule has 19 heavy (non-hydrogen) atoms. The van der Waals surface area contributed by atoms with Crippen molar-refractivity contribution in [3.63, 3.8) is 0 Å². The quantitative estimate of drug-likeness (QED) is 0.868. The molecule has 6 heteroatoms. The van der Waals surface area contributed by atoms with Gasteiger partial charge in [-0.05, 0) is 26.0 Å². The lowest BCUT2D eigenvalue weighted by Crippen LogP contribution is -2.34. The fourth-order valence-electron chi connectivity index (χ4n) is 1.64. The molecule has 1 aromatic rings. The number of hydrogen-bond donors (Lipinski definition) is 1. The summed E-state index contributed by atoms with van der Waals surface area (Å²) in [6.45, 7) is 4.49. The van der Waals surface area contributed by atoms with Crippen LogP contribution in [0.3, 0.4) is 0 Å². The maximum atomic E-state index is 12.3. The lowest BCUT2D eigenvalue weighted by molar-refractivity contribution is 0.0753. The van der Waals surface area contributed by atoms with E-state index in [1.165, 1.54) is 12.1 Å². The summed E-state index contributed by atoms with van der Waals surface area (Å²) < 4.78 is 0. The van der Waals surface area contributed by atoms with Crippen LogP contribution < -0.4 is 5.73 Å². The molecule has 0 aromatic heterocycles. The predicted octanol–water partition coefficient (Wildman–Crippen LogP) is 3.20. The lowest BCUT2D eigenvalue weighted by atomic mass is 10.1. The van der Waals surface area contributed by atoms with Crippen LogP contribution in [0.15, 0.2) is 12.1 Å². The third-order valence-electron chi connectivity index (χ3n) is 2.69. The topological polar surface area (TPSA) is 70.1 Å². The molecule has 0 fully saturated rings. The largest absolute Gasteiger partial charge is 0.397 e. The number of nitrogen functional groups attached to an aromatic ring is 1. The zero-order chi connectivity index (χ0) is 14.6. The Morgan fingerprint density at radius 1 is 1.53 bits per heavy atom. The first-order valence-corrected chi connectivity index (χ1v) is 6.59. The van der Waals surface area contributed by atoms with Crippen molar-refractivity contribution < 1.29 is 4.79 Å². The summed E-state index contributed by atoms with van der Waals surface area (Å²) in [6.07, 6.45) is 0. The molecule has 1 aromatic carbocycles. The Bertz CT molecular complexity index is 502. The fraction of sp³-hybridized carbons (Fsp3) is 0.385. The molecule has 0 aliphatic carbocycles. The number of hydrogen-bond acceptors (Lipinski definition) is 3. The van der Waals surface area contributed by atoms with E-state index in [2.05, 4.69) is 6.07 Å². The first-order chi connectivity index (χ1) is 8.90. The van der Waals surface area contributed by atoms with Gasteiger partial charge in [0.2, 0.25) is 0 Å². The number of anilines is 1. The Hall–Kier alpha value is -1.44. The predicted molar refractivity (Wildman–Crippen MR) is 77.2 cm³/mol. The molecule has 0 aliphatic heterocycles. The molecule has 4 nitrogen and oxygen atoms in total. The molecule has 0 heterocycles. The minimum Gasteiger partial charge on any atom is -0.397 e. The summed E-state index contributed by atoms with van der Waals surface area (Å²) in [4.78, 5) is 13.9. The van der Waals surface area contributed by atoms with Gasteiger partial charge in [-0.3, -0.25) is 4.79 Å². The Kier molecular flexibility index (Phi) is 5.46. The van der Waals surface area contributed by atoms with E-state index in [0.29, 0.717) is 18.7 Å². The molecule has 0 saturated carbocycles. The van der Waals surface area contributed by atoms with Gasteiger partial charge in [0.15, 0.2) is 0 Å². The number of halogens is 2. The highest BCUT2D eigenvalue weighted by atomic mass is 35.5. The number of carbonyl (C=O) groups excluding carboxylic acids is 1. The molecule has 1 unspecified atom stereocenters. The highest BCUT2D eigenvalue weighted by Crippen LogP contribution is 2.29. The number of nitrogens with zero attached hydrogens (tertiary/aromatic N) is 2. The van der Waals surface area contributed by atoms with Crippen LogP contribution in [0.2, 0.25) is 10.0 Å². The smallest absolute Gasteiger partial charge is 0.254 e. The second kappa shape index (κ2) is 6.65. The van der Waals surface area contributed by atoms with Gasteiger partial charge in [0.25, 0.3) is 5.91 Å². The van der Waals surface area contributed by atoms with E-state index in [-0.39, 0.29) is 27.6 Å². The highest BCUT2D eigenvalue weighted by molar-refractivity contribution is 6.43. The van der Waals surface area contributed by atoms with Crippen LogP contribution in [0, 0.1) is 17.2 Å². The molecule has 1 amide bonds. The molecule has 0 bridgehead atoms. The molecule has 102 valence electrons. The van der Waals surface area contributed by atoms with Crippen molar-refractivity contribution in [3.8, 4) is 6.07 Å². The number of benzene rings is 1. The van der Waals surface area contributed by atoms with Crippen molar-refractivity contribution in [2.24, 2.45) is 5.92 Å². The summed E-state index contributed by atoms with van der Waals surface area (Å²) in [5, 5.41) is 9.30. The summed E-state index contributed by atoms with van der Waals surface area (Å²) in [7, 11) is 0. The van der Waals surface area contributed by atoms with Crippen molar-refractivity contribution in [3.05, 3.63) is 27.7 Å². The molecule has 1 rings (SSSR count). The van der Waals surface area contributed by atoms with Gasteiger partial charge in [-0.1, -0.05) is 23.2 Å². The van der Waals surface area contributed by atoms with Gasteiger partial charge in [-0.25, -0.2) is 0 Å².